The molecule has 3 rings (SSSR count). The summed E-state index contributed by atoms with van der Waals surface area (Å²) in [6, 6.07) is 0.525. The van der Waals surface area contributed by atoms with Crippen molar-refractivity contribution in [2.45, 2.75) is 32.2 Å². The molecule has 23 heavy (non-hydrogen) atoms. The number of rotatable bonds is 3. The Morgan fingerprint density at radius 3 is 2.74 bits per heavy atom. The Morgan fingerprint density at radius 1 is 1.43 bits per heavy atom. The van der Waals surface area contributed by atoms with Crippen LogP contribution in [-0.2, 0) is 11.8 Å². The summed E-state index contributed by atoms with van der Waals surface area (Å²) in [6.07, 6.45) is 7.30. The molecule has 2 aliphatic rings. The number of aliphatic imine (C=N–C) groups is 1. The topological polar surface area (TPSA) is 65.8 Å². The first kappa shape index (κ1) is 18.0. The summed E-state index contributed by atoms with van der Waals surface area (Å²) < 4.78 is 1.72. The molecule has 2 heterocycles. The van der Waals surface area contributed by atoms with Crippen molar-refractivity contribution in [3.8, 4) is 0 Å². The Labute approximate surface area is 154 Å². The van der Waals surface area contributed by atoms with Crippen LogP contribution in [0.3, 0.4) is 0 Å². The van der Waals surface area contributed by atoms with Gasteiger partial charge in [0.25, 0.3) is 0 Å². The Kier molecular flexibility index (Phi) is 6.25. The molecule has 2 fully saturated rings. The number of aromatic nitrogens is 2. The zero-order valence-electron chi connectivity index (χ0n) is 13.7. The number of anilines is 1. The summed E-state index contributed by atoms with van der Waals surface area (Å²) in [4.78, 5) is 20.9. The van der Waals surface area contributed by atoms with Crippen LogP contribution in [0.1, 0.15) is 26.2 Å². The minimum Gasteiger partial charge on any atom is -0.353 e. The van der Waals surface area contributed by atoms with Gasteiger partial charge in [-0.3, -0.25) is 14.5 Å². The maximum absolute atomic E-state index is 12.5. The fourth-order valence-electron chi connectivity index (χ4n) is 2.80. The van der Waals surface area contributed by atoms with Crippen molar-refractivity contribution in [1.82, 2.24) is 20.0 Å². The molecule has 0 unspecified atom stereocenters. The Morgan fingerprint density at radius 2 is 2.22 bits per heavy atom. The van der Waals surface area contributed by atoms with E-state index in [-0.39, 0.29) is 29.9 Å². The molecule has 1 amide bonds. The van der Waals surface area contributed by atoms with Gasteiger partial charge in [0, 0.05) is 38.9 Å². The summed E-state index contributed by atoms with van der Waals surface area (Å²) >= 11 is 0. The molecule has 0 radical (unpaired) electrons. The van der Waals surface area contributed by atoms with Crippen molar-refractivity contribution in [3.05, 3.63) is 12.4 Å². The fourth-order valence-corrected chi connectivity index (χ4v) is 2.80. The van der Waals surface area contributed by atoms with Gasteiger partial charge in [-0.05, 0) is 26.2 Å². The van der Waals surface area contributed by atoms with Gasteiger partial charge >= 0.3 is 0 Å². The van der Waals surface area contributed by atoms with E-state index in [1.54, 1.807) is 15.8 Å². The molecule has 0 aromatic carbocycles. The lowest BCUT2D eigenvalue weighted by Gasteiger charge is -2.38. The molecule has 1 aromatic rings. The minimum atomic E-state index is 0. The van der Waals surface area contributed by atoms with Gasteiger partial charge in [-0.15, -0.1) is 24.0 Å². The number of nitrogens with one attached hydrogen (secondary N) is 1. The highest BCUT2D eigenvalue weighted by Crippen LogP contribution is 2.19. The van der Waals surface area contributed by atoms with Gasteiger partial charge in [-0.25, -0.2) is 0 Å². The third kappa shape index (κ3) is 4.15. The molecule has 0 atom stereocenters. The molecule has 1 aromatic heterocycles. The van der Waals surface area contributed by atoms with E-state index < -0.39 is 0 Å². The van der Waals surface area contributed by atoms with Crippen LogP contribution < -0.4 is 10.2 Å². The highest BCUT2D eigenvalue weighted by atomic mass is 127. The van der Waals surface area contributed by atoms with Gasteiger partial charge in [0.15, 0.2) is 5.96 Å². The van der Waals surface area contributed by atoms with Crippen LogP contribution in [0.15, 0.2) is 17.4 Å². The SMILES string of the molecule is CCN=C(NC1CCC1)N1CCN(c2cnn(C)c2)C(=O)C1.I. The van der Waals surface area contributed by atoms with E-state index in [9.17, 15) is 4.79 Å². The predicted molar refractivity (Wildman–Crippen MR) is 101 cm³/mol. The molecule has 1 aliphatic heterocycles. The summed E-state index contributed by atoms with van der Waals surface area (Å²) in [6.45, 7) is 4.58. The second kappa shape index (κ2) is 7.98. The van der Waals surface area contributed by atoms with E-state index in [2.05, 4.69) is 20.3 Å². The Bertz CT molecular complexity index is 568. The number of aryl methyl sites for hydroxylation is 1. The van der Waals surface area contributed by atoms with Gasteiger partial charge < -0.3 is 15.1 Å². The average molecular weight is 432 g/mol. The van der Waals surface area contributed by atoms with Crippen LogP contribution in [0.4, 0.5) is 5.69 Å². The van der Waals surface area contributed by atoms with Crippen molar-refractivity contribution < 1.29 is 4.79 Å². The van der Waals surface area contributed by atoms with Crippen molar-refractivity contribution in [2.24, 2.45) is 12.0 Å². The second-order valence-electron chi connectivity index (χ2n) is 5.91. The lowest BCUT2D eigenvalue weighted by atomic mass is 9.93. The van der Waals surface area contributed by atoms with E-state index >= 15 is 0 Å². The second-order valence-corrected chi connectivity index (χ2v) is 5.91. The van der Waals surface area contributed by atoms with Gasteiger partial charge in [-0.2, -0.15) is 5.10 Å². The highest BCUT2D eigenvalue weighted by Gasteiger charge is 2.29. The van der Waals surface area contributed by atoms with E-state index in [0.29, 0.717) is 19.1 Å². The van der Waals surface area contributed by atoms with Crippen molar-refractivity contribution >= 4 is 41.5 Å². The first-order valence-corrected chi connectivity index (χ1v) is 8.02. The lowest BCUT2D eigenvalue weighted by Crippen LogP contribution is -2.57. The number of guanidine groups is 1. The van der Waals surface area contributed by atoms with Gasteiger partial charge in [0.2, 0.25) is 5.91 Å². The first-order valence-electron chi connectivity index (χ1n) is 8.02. The molecule has 128 valence electrons. The molecule has 8 heteroatoms. The number of amides is 1. The molecular formula is C15H25IN6O. The van der Waals surface area contributed by atoms with Crippen LogP contribution in [0.5, 0.6) is 0 Å². The predicted octanol–water partition coefficient (Wildman–Crippen LogP) is 1.20. The first-order chi connectivity index (χ1) is 10.7. The van der Waals surface area contributed by atoms with Crippen LogP contribution in [0.25, 0.3) is 0 Å². The number of carbonyl (C=O) groups is 1. The lowest BCUT2D eigenvalue weighted by molar-refractivity contribution is -0.120. The maximum atomic E-state index is 12.5. The number of hydrogen-bond donors (Lipinski definition) is 1. The van der Waals surface area contributed by atoms with Crippen LogP contribution in [-0.4, -0.2) is 58.8 Å². The standard InChI is InChI=1S/C15H24N6O.HI/c1-3-16-15(18-12-5-4-6-12)20-7-8-21(14(22)11-20)13-9-17-19(2)10-13;/h9-10,12H,3-8,11H2,1-2H3,(H,16,18);1H. The molecule has 0 spiro atoms. The molecule has 7 nitrogen and oxygen atoms in total. The summed E-state index contributed by atoms with van der Waals surface area (Å²) in [5.74, 6) is 0.977. The molecule has 0 bridgehead atoms. The molecular weight excluding hydrogens is 407 g/mol. The number of hydrogen-bond acceptors (Lipinski definition) is 3. The molecule has 1 N–H and O–H groups in total. The van der Waals surface area contributed by atoms with Crippen molar-refractivity contribution in [3.63, 3.8) is 0 Å². The van der Waals surface area contributed by atoms with Gasteiger partial charge in [0.1, 0.15) is 6.54 Å². The fraction of sp³-hybridized carbons (Fsp3) is 0.667. The van der Waals surface area contributed by atoms with Gasteiger partial charge in [0.05, 0.1) is 11.9 Å². The molecule has 1 saturated carbocycles. The van der Waals surface area contributed by atoms with E-state index in [1.807, 2.05) is 20.2 Å². The van der Waals surface area contributed by atoms with Crippen molar-refractivity contribution in [2.75, 3.05) is 31.1 Å². The Hall–Kier alpha value is -1.32. The van der Waals surface area contributed by atoms with Crippen LogP contribution in [0.2, 0.25) is 0 Å². The summed E-state index contributed by atoms with van der Waals surface area (Å²) in [5.41, 5.74) is 0.869. The Balaban J connectivity index is 0.00000192. The zero-order valence-corrected chi connectivity index (χ0v) is 16.1. The van der Waals surface area contributed by atoms with Crippen LogP contribution in [0, 0.1) is 0 Å². The normalized spacial score (nSPS) is 19.4. The number of carbonyl (C=O) groups excluding carboxylic acids is 1. The maximum Gasteiger partial charge on any atom is 0.246 e. The summed E-state index contributed by atoms with van der Waals surface area (Å²) in [5, 5.41) is 7.63. The number of halogens is 1. The summed E-state index contributed by atoms with van der Waals surface area (Å²) in [7, 11) is 1.86. The van der Waals surface area contributed by atoms with Crippen LogP contribution >= 0.6 is 24.0 Å². The smallest absolute Gasteiger partial charge is 0.246 e. The third-order valence-electron chi connectivity index (χ3n) is 4.27. The minimum absolute atomic E-state index is 0. The average Bonchev–Trinajstić information content (AvgIpc) is 2.87. The zero-order chi connectivity index (χ0) is 15.5. The third-order valence-corrected chi connectivity index (χ3v) is 4.27. The molecule has 1 saturated heterocycles. The van der Waals surface area contributed by atoms with E-state index in [0.717, 1.165) is 24.7 Å². The largest absolute Gasteiger partial charge is 0.353 e. The monoisotopic (exact) mass is 432 g/mol. The number of piperazine rings is 1. The van der Waals surface area contributed by atoms with Crippen molar-refractivity contribution in [1.29, 1.82) is 0 Å². The quantitative estimate of drug-likeness (QED) is 0.443. The van der Waals surface area contributed by atoms with E-state index in [4.69, 9.17) is 0 Å². The number of nitrogens with zero attached hydrogens (tertiary/aromatic N) is 5. The molecule has 1 aliphatic carbocycles. The van der Waals surface area contributed by atoms with E-state index in [1.165, 1.54) is 19.3 Å². The highest BCUT2D eigenvalue weighted by molar-refractivity contribution is 14.0. The van der Waals surface area contributed by atoms with Gasteiger partial charge in [-0.1, -0.05) is 0 Å².